The molecule has 1 fully saturated rings. The van der Waals surface area contributed by atoms with E-state index in [1.54, 1.807) is 23.8 Å². The molecule has 2 aromatic rings. The maximum atomic E-state index is 12.6. The number of carbonyl (C=O) groups excluding carboxylic acids is 1. The van der Waals surface area contributed by atoms with E-state index in [1.807, 2.05) is 11.8 Å². The second-order valence-electron chi connectivity index (χ2n) is 7.36. The lowest BCUT2D eigenvalue weighted by molar-refractivity contribution is -0.384. The van der Waals surface area contributed by atoms with E-state index in [0.29, 0.717) is 32.8 Å². The number of benzene rings is 1. The summed E-state index contributed by atoms with van der Waals surface area (Å²) in [4.78, 5) is 37.2. The van der Waals surface area contributed by atoms with Crippen LogP contribution >= 0.6 is 0 Å². The predicted octanol–water partition coefficient (Wildman–Crippen LogP) is 1.57. The number of nitrogens with zero attached hydrogens (tertiary/aromatic N) is 5. The lowest BCUT2D eigenvalue weighted by atomic mass is 9.95. The van der Waals surface area contributed by atoms with E-state index in [0.717, 1.165) is 24.2 Å². The highest BCUT2D eigenvalue weighted by Gasteiger charge is 2.28. The van der Waals surface area contributed by atoms with Gasteiger partial charge < -0.3 is 9.64 Å². The number of hydrogen-bond acceptors (Lipinski definition) is 6. The van der Waals surface area contributed by atoms with Crippen molar-refractivity contribution in [1.29, 1.82) is 0 Å². The molecule has 0 unspecified atom stereocenters. The minimum Gasteiger partial charge on any atom is -0.383 e. The fourth-order valence-electron chi connectivity index (χ4n) is 3.79. The van der Waals surface area contributed by atoms with Gasteiger partial charge >= 0.3 is 5.69 Å². The second kappa shape index (κ2) is 9.66. The number of amides is 1. The van der Waals surface area contributed by atoms with Gasteiger partial charge in [-0.1, -0.05) is 12.1 Å². The van der Waals surface area contributed by atoms with Gasteiger partial charge in [-0.3, -0.25) is 19.5 Å². The third kappa shape index (κ3) is 4.76. The summed E-state index contributed by atoms with van der Waals surface area (Å²) in [5, 5.41) is 15.3. The first-order chi connectivity index (χ1) is 14.4. The Kier molecular flexibility index (Phi) is 6.99. The van der Waals surface area contributed by atoms with Crippen molar-refractivity contribution >= 4 is 11.6 Å². The van der Waals surface area contributed by atoms with Crippen LogP contribution < -0.4 is 5.69 Å². The molecule has 10 heteroatoms. The van der Waals surface area contributed by atoms with Crippen molar-refractivity contribution in [2.75, 3.05) is 26.8 Å². The number of carbonyl (C=O) groups is 1. The topological polar surface area (TPSA) is 112 Å². The molecule has 0 N–H and O–H groups in total. The molecule has 1 aliphatic heterocycles. The summed E-state index contributed by atoms with van der Waals surface area (Å²) in [5.74, 6) is 0.909. The van der Waals surface area contributed by atoms with Crippen LogP contribution in [-0.4, -0.2) is 56.9 Å². The molecule has 10 nitrogen and oxygen atoms in total. The van der Waals surface area contributed by atoms with Crippen LogP contribution in [0.25, 0.3) is 0 Å². The molecule has 1 aliphatic rings. The quantitative estimate of drug-likeness (QED) is 0.476. The summed E-state index contributed by atoms with van der Waals surface area (Å²) in [7, 11) is 1.59. The van der Waals surface area contributed by atoms with Crippen molar-refractivity contribution in [3.63, 3.8) is 0 Å². The Morgan fingerprint density at radius 3 is 2.50 bits per heavy atom. The van der Waals surface area contributed by atoms with Gasteiger partial charge in [-0.2, -0.15) is 5.10 Å². The summed E-state index contributed by atoms with van der Waals surface area (Å²) >= 11 is 0. The molecule has 1 aromatic heterocycles. The number of aromatic nitrogens is 3. The van der Waals surface area contributed by atoms with E-state index >= 15 is 0 Å². The number of non-ortho nitro benzene ring substituents is 1. The fourth-order valence-corrected chi connectivity index (χ4v) is 3.79. The van der Waals surface area contributed by atoms with E-state index < -0.39 is 4.92 Å². The van der Waals surface area contributed by atoms with Gasteiger partial charge in [0.25, 0.3) is 5.69 Å². The van der Waals surface area contributed by atoms with E-state index in [4.69, 9.17) is 4.74 Å². The number of piperidine rings is 1. The molecule has 0 atom stereocenters. The van der Waals surface area contributed by atoms with E-state index in [9.17, 15) is 19.7 Å². The van der Waals surface area contributed by atoms with Crippen molar-refractivity contribution in [3.05, 3.63) is 56.3 Å². The van der Waals surface area contributed by atoms with Gasteiger partial charge in [-0.05, 0) is 25.3 Å². The summed E-state index contributed by atoms with van der Waals surface area (Å²) < 4.78 is 8.21. The second-order valence-corrected chi connectivity index (χ2v) is 7.36. The maximum absolute atomic E-state index is 12.6. The summed E-state index contributed by atoms with van der Waals surface area (Å²) in [6.45, 7) is 4.52. The molecule has 0 spiro atoms. The van der Waals surface area contributed by atoms with Crippen LogP contribution in [0.15, 0.2) is 29.1 Å². The average Bonchev–Trinajstić information content (AvgIpc) is 3.08. The minimum absolute atomic E-state index is 0.000749. The van der Waals surface area contributed by atoms with Gasteiger partial charge in [0.05, 0.1) is 24.5 Å². The van der Waals surface area contributed by atoms with Crippen LogP contribution in [0.4, 0.5) is 5.69 Å². The zero-order valence-corrected chi connectivity index (χ0v) is 17.3. The van der Waals surface area contributed by atoms with Gasteiger partial charge in [0.2, 0.25) is 5.91 Å². The molecule has 3 rings (SSSR count). The van der Waals surface area contributed by atoms with E-state index in [-0.39, 0.29) is 29.6 Å². The van der Waals surface area contributed by atoms with Gasteiger partial charge in [0, 0.05) is 44.8 Å². The van der Waals surface area contributed by atoms with Crippen LogP contribution in [0, 0.1) is 10.1 Å². The number of rotatable bonds is 8. The number of nitro benzene ring substituents is 1. The van der Waals surface area contributed by atoms with Crippen LogP contribution in [-0.2, 0) is 29.0 Å². The zero-order chi connectivity index (χ0) is 21.7. The van der Waals surface area contributed by atoms with Crippen LogP contribution in [0.3, 0.4) is 0 Å². The first kappa shape index (κ1) is 21.7. The fraction of sp³-hybridized carbons (Fsp3) is 0.550. The number of nitro groups is 1. The summed E-state index contributed by atoms with van der Waals surface area (Å²) in [6.07, 6.45) is 1.70. The minimum atomic E-state index is -0.455. The van der Waals surface area contributed by atoms with Crippen molar-refractivity contribution in [2.24, 2.45) is 0 Å². The van der Waals surface area contributed by atoms with Crippen LogP contribution in [0.2, 0.25) is 0 Å². The molecular weight excluding hydrogens is 390 g/mol. The normalized spacial score (nSPS) is 14.8. The molecule has 0 saturated carbocycles. The highest BCUT2D eigenvalue weighted by atomic mass is 16.6. The Hall–Kier alpha value is -3.01. The number of methoxy groups -OCH3 is 1. The standard InChI is InChI=1S/C20H27N5O5/c1-3-23-19(21-24(20(23)27)12-13-30-2)16-8-10-22(11-9-16)18(26)14-15-4-6-17(7-5-15)25(28)29/h4-7,16H,3,8-14H2,1-2H3. The van der Waals surface area contributed by atoms with Crippen molar-refractivity contribution in [2.45, 2.75) is 45.2 Å². The third-order valence-corrected chi connectivity index (χ3v) is 5.49. The Balaban J connectivity index is 1.61. The predicted molar refractivity (Wildman–Crippen MR) is 109 cm³/mol. The number of ether oxygens (including phenoxy) is 1. The Labute approximate surface area is 174 Å². The molecule has 2 heterocycles. The summed E-state index contributed by atoms with van der Waals surface area (Å²) in [5.41, 5.74) is 0.643. The molecule has 0 bridgehead atoms. The Bertz CT molecular complexity index is 941. The largest absolute Gasteiger partial charge is 0.383 e. The molecule has 162 valence electrons. The van der Waals surface area contributed by atoms with E-state index in [2.05, 4.69) is 5.10 Å². The van der Waals surface area contributed by atoms with Crippen molar-refractivity contribution in [1.82, 2.24) is 19.2 Å². The molecule has 30 heavy (non-hydrogen) atoms. The molecule has 0 aliphatic carbocycles. The Morgan fingerprint density at radius 1 is 1.27 bits per heavy atom. The zero-order valence-electron chi connectivity index (χ0n) is 17.3. The average molecular weight is 417 g/mol. The van der Waals surface area contributed by atoms with Crippen molar-refractivity contribution < 1.29 is 14.5 Å². The van der Waals surface area contributed by atoms with Crippen LogP contribution in [0.1, 0.15) is 37.1 Å². The highest BCUT2D eigenvalue weighted by Crippen LogP contribution is 2.26. The number of hydrogen-bond donors (Lipinski definition) is 0. The summed E-state index contributed by atoms with van der Waals surface area (Å²) in [6, 6.07) is 6.07. The third-order valence-electron chi connectivity index (χ3n) is 5.49. The smallest absolute Gasteiger partial charge is 0.345 e. The van der Waals surface area contributed by atoms with Gasteiger partial charge in [0.15, 0.2) is 0 Å². The molecule has 1 amide bonds. The monoisotopic (exact) mass is 417 g/mol. The molecule has 1 saturated heterocycles. The van der Waals surface area contributed by atoms with Crippen molar-refractivity contribution in [3.8, 4) is 0 Å². The number of likely N-dealkylation sites (tertiary alicyclic amines) is 1. The lowest BCUT2D eigenvalue weighted by Crippen LogP contribution is -2.39. The maximum Gasteiger partial charge on any atom is 0.345 e. The van der Waals surface area contributed by atoms with E-state index in [1.165, 1.54) is 16.8 Å². The SMILES string of the molecule is CCn1c(C2CCN(C(=O)Cc3ccc([N+](=O)[O-])cc3)CC2)nn(CCOC)c1=O. The van der Waals surface area contributed by atoms with Gasteiger partial charge in [-0.25, -0.2) is 9.48 Å². The van der Waals surface area contributed by atoms with Gasteiger partial charge in [0.1, 0.15) is 5.82 Å². The molecule has 1 aromatic carbocycles. The molecule has 0 radical (unpaired) electrons. The van der Waals surface area contributed by atoms with Gasteiger partial charge in [-0.15, -0.1) is 0 Å². The Morgan fingerprint density at radius 2 is 1.93 bits per heavy atom. The first-order valence-electron chi connectivity index (χ1n) is 10.1. The lowest BCUT2D eigenvalue weighted by Gasteiger charge is -2.31. The first-order valence-corrected chi connectivity index (χ1v) is 10.1. The van der Waals surface area contributed by atoms with Crippen LogP contribution in [0.5, 0.6) is 0 Å². The highest BCUT2D eigenvalue weighted by molar-refractivity contribution is 5.79. The molecular formula is C20H27N5O5.